The molecule has 5 nitrogen and oxygen atoms in total. The highest BCUT2D eigenvalue weighted by atomic mass is 16.5. The predicted octanol–water partition coefficient (Wildman–Crippen LogP) is 1.40. The summed E-state index contributed by atoms with van der Waals surface area (Å²) in [5.74, 6) is -0.314. The number of aryl methyl sites for hydroxylation is 1. The molecule has 80 valence electrons. The van der Waals surface area contributed by atoms with E-state index in [0.29, 0.717) is 5.56 Å². The van der Waals surface area contributed by atoms with Crippen molar-refractivity contribution in [1.82, 2.24) is 15.4 Å². The van der Waals surface area contributed by atoms with Gasteiger partial charge in [-0.05, 0) is 24.3 Å². The van der Waals surface area contributed by atoms with Crippen LogP contribution in [0.15, 0.2) is 36.5 Å². The van der Waals surface area contributed by atoms with E-state index in [1.165, 1.54) is 12.3 Å². The largest absolute Gasteiger partial charge is 0.402 e. The molecule has 0 spiro atoms. The van der Waals surface area contributed by atoms with Crippen molar-refractivity contribution in [1.29, 1.82) is 0 Å². The Balaban J connectivity index is 2.15. The average Bonchev–Trinajstić information content (AvgIpc) is 2.30. The van der Waals surface area contributed by atoms with Crippen LogP contribution in [0.3, 0.4) is 0 Å². The Morgan fingerprint density at radius 2 is 2.19 bits per heavy atom. The molecule has 16 heavy (non-hydrogen) atoms. The Labute approximate surface area is 92.1 Å². The molecular formula is C11H9N3O2. The minimum absolute atomic E-state index is 0.140. The van der Waals surface area contributed by atoms with E-state index in [1.54, 1.807) is 18.2 Å². The first-order valence-electron chi connectivity index (χ1n) is 4.69. The van der Waals surface area contributed by atoms with Gasteiger partial charge < -0.3 is 4.74 Å². The summed E-state index contributed by atoms with van der Waals surface area (Å²) in [6.45, 7) is 1.91. The maximum atomic E-state index is 11.7. The first-order chi connectivity index (χ1) is 7.75. The van der Waals surface area contributed by atoms with Crippen LogP contribution in [-0.2, 0) is 0 Å². The normalized spacial score (nSPS) is 9.81. The van der Waals surface area contributed by atoms with Crippen molar-refractivity contribution >= 4 is 5.97 Å². The molecule has 0 unspecified atom stereocenters. The van der Waals surface area contributed by atoms with Crippen LogP contribution in [-0.4, -0.2) is 21.4 Å². The number of aromatic nitrogens is 3. The van der Waals surface area contributed by atoms with Crippen LogP contribution in [0.4, 0.5) is 0 Å². The molecule has 0 aliphatic rings. The van der Waals surface area contributed by atoms with Crippen LogP contribution in [0.1, 0.15) is 15.9 Å². The topological polar surface area (TPSA) is 65.0 Å². The van der Waals surface area contributed by atoms with Gasteiger partial charge in [0.1, 0.15) is 0 Å². The van der Waals surface area contributed by atoms with Crippen molar-refractivity contribution in [3.05, 3.63) is 47.7 Å². The maximum Gasteiger partial charge on any atom is 0.344 e. The molecule has 0 bridgehead atoms. The van der Waals surface area contributed by atoms with E-state index in [4.69, 9.17) is 4.74 Å². The molecule has 0 saturated carbocycles. The van der Waals surface area contributed by atoms with Crippen molar-refractivity contribution in [2.24, 2.45) is 0 Å². The molecule has 0 aliphatic heterocycles. The summed E-state index contributed by atoms with van der Waals surface area (Å²) in [6, 6.07) is 8.61. The highest BCUT2D eigenvalue weighted by Crippen LogP contribution is 2.08. The molecule has 1 aromatic carbocycles. The minimum Gasteiger partial charge on any atom is -0.402 e. The van der Waals surface area contributed by atoms with Gasteiger partial charge in [-0.3, -0.25) is 0 Å². The zero-order valence-corrected chi connectivity index (χ0v) is 8.62. The Morgan fingerprint density at radius 3 is 2.88 bits per heavy atom. The van der Waals surface area contributed by atoms with Crippen molar-refractivity contribution in [2.75, 3.05) is 0 Å². The standard InChI is InChI=1S/C11H9N3O2/c1-8-3-2-4-9(7-8)11(15)16-10-5-6-12-14-13-10/h2-7H,1H3. The Morgan fingerprint density at radius 1 is 1.31 bits per heavy atom. The summed E-state index contributed by atoms with van der Waals surface area (Å²) in [5.41, 5.74) is 1.48. The third-order valence-electron chi connectivity index (χ3n) is 1.93. The first-order valence-corrected chi connectivity index (χ1v) is 4.69. The second-order valence-electron chi connectivity index (χ2n) is 3.22. The molecule has 0 radical (unpaired) electrons. The molecule has 0 N–H and O–H groups in total. The number of carbonyl (C=O) groups excluding carboxylic acids is 1. The fourth-order valence-electron chi connectivity index (χ4n) is 1.21. The van der Waals surface area contributed by atoms with Gasteiger partial charge in [-0.25, -0.2) is 4.79 Å². The quantitative estimate of drug-likeness (QED) is 0.708. The second-order valence-corrected chi connectivity index (χ2v) is 3.22. The molecule has 0 fully saturated rings. The summed E-state index contributed by atoms with van der Waals surface area (Å²) in [6.07, 6.45) is 1.41. The van der Waals surface area contributed by atoms with Gasteiger partial charge in [-0.1, -0.05) is 22.8 Å². The number of esters is 1. The predicted molar refractivity (Wildman–Crippen MR) is 56.0 cm³/mol. The van der Waals surface area contributed by atoms with Crippen LogP contribution in [0.25, 0.3) is 0 Å². The number of ether oxygens (including phenoxy) is 1. The Bertz CT molecular complexity index is 500. The minimum atomic E-state index is -0.454. The SMILES string of the molecule is Cc1cccc(C(=O)Oc2ccnnn2)c1. The molecule has 2 aromatic rings. The number of nitrogens with zero attached hydrogens (tertiary/aromatic N) is 3. The number of carbonyl (C=O) groups is 1. The molecule has 0 atom stereocenters. The van der Waals surface area contributed by atoms with Gasteiger partial charge in [0.05, 0.1) is 11.8 Å². The molecule has 1 heterocycles. The van der Waals surface area contributed by atoms with E-state index >= 15 is 0 Å². The summed E-state index contributed by atoms with van der Waals surface area (Å²) in [7, 11) is 0. The van der Waals surface area contributed by atoms with Gasteiger partial charge in [0.2, 0.25) is 5.88 Å². The van der Waals surface area contributed by atoms with Crippen LogP contribution in [0, 0.1) is 6.92 Å². The third kappa shape index (κ3) is 2.38. The van der Waals surface area contributed by atoms with Gasteiger partial charge in [-0.15, -0.1) is 5.10 Å². The van der Waals surface area contributed by atoms with Gasteiger partial charge >= 0.3 is 5.97 Å². The summed E-state index contributed by atoms with van der Waals surface area (Å²) in [5, 5.41) is 10.4. The number of hydrogen-bond donors (Lipinski definition) is 0. The smallest absolute Gasteiger partial charge is 0.344 e. The van der Waals surface area contributed by atoms with Crippen LogP contribution in [0.5, 0.6) is 5.88 Å². The molecule has 1 aromatic heterocycles. The Kier molecular flexibility index (Phi) is 2.86. The highest BCUT2D eigenvalue weighted by molar-refractivity contribution is 5.90. The fraction of sp³-hybridized carbons (Fsp3) is 0.0909. The second kappa shape index (κ2) is 4.48. The van der Waals surface area contributed by atoms with Crippen LogP contribution >= 0.6 is 0 Å². The summed E-state index contributed by atoms with van der Waals surface area (Å²) >= 11 is 0. The van der Waals surface area contributed by atoms with Gasteiger partial charge in [-0.2, -0.15) is 0 Å². The zero-order chi connectivity index (χ0) is 11.4. The molecule has 0 aliphatic carbocycles. The molecule has 2 rings (SSSR count). The first kappa shape index (κ1) is 10.2. The maximum absolute atomic E-state index is 11.7. The lowest BCUT2D eigenvalue weighted by atomic mass is 10.1. The van der Waals surface area contributed by atoms with Crippen molar-refractivity contribution in [3.63, 3.8) is 0 Å². The highest BCUT2D eigenvalue weighted by Gasteiger charge is 2.09. The lowest BCUT2D eigenvalue weighted by molar-refractivity contribution is 0.0725. The van der Waals surface area contributed by atoms with E-state index in [1.807, 2.05) is 13.0 Å². The van der Waals surface area contributed by atoms with Crippen molar-refractivity contribution in [3.8, 4) is 5.88 Å². The number of hydrogen-bond acceptors (Lipinski definition) is 5. The lowest BCUT2D eigenvalue weighted by Crippen LogP contribution is -2.10. The van der Waals surface area contributed by atoms with E-state index in [9.17, 15) is 4.79 Å². The summed E-state index contributed by atoms with van der Waals surface area (Å²) in [4.78, 5) is 11.7. The van der Waals surface area contributed by atoms with Gasteiger partial charge in [0.15, 0.2) is 0 Å². The molecule has 0 saturated heterocycles. The van der Waals surface area contributed by atoms with Crippen molar-refractivity contribution in [2.45, 2.75) is 6.92 Å². The van der Waals surface area contributed by atoms with Crippen LogP contribution in [0.2, 0.25) is 0 Å². The summed E-state index contributed by atoms with van der Waals surface area (Å²) < 4.78 is 5.00. The van der Waals surface area contributed by atoms with Crippen molar-refractivity contribution < 1.29 is 9.53 Å². The van der Waals surface area contributed by atoms with Crippen LogP contribution < -0.4 is 4.74 Å². The van der Waals surface area contributed by atoms with Gasteiger partial charge in [0, 0.05) is 6.07 Å². The van der Waals surface area contributed by atoms with E-state index in [0.717, 1.165) is 5.56 Å². The monoisotopic (exact) mass is 215 g/mol. The average molecular weight is 215 g/mol. The third-order valence-corrected chi connectivity index (χ3v) is 1.93. The number of rotatable bonds is 2. The molecular weight excluding hydrogens is 206 g/mol. The van der Waals surface area contributed by atoms with E-state index < -0.39 is 5.97 Å². The number of benzene rings is 1. The Hall–Kier alpha value is -2.30. The fourth-order valence-corrected chi connectivity index (χ4v) is 1.21. The molecule has 5 heteroatoms. The zero-order valence-electron chi connectivity index (χ0n) is 8.62. The van der Waals surface area contributed by atoms with E-state index in [-0.39, 0.29) is 5.88 Å². The van der Waals surface area contributed by atoms with Gasteiger partial charge in [0.25, 0.3) is 0 Å². The van der Waals surface area contributed by atoms with E-state index in [2.05, 4.69) is 15.4 Å². The lowest BCUT2D eigenvalue weighted by Gasteiger charge is -2.02. The molecule has 0 amide bonds.